The molecule has 2 N–H and O–H groups in total. The van der Waals surface area contributed by atoms with E-state index in [1.165, 1.54) is 6.42 Å². The first-order chi connectivity index (χ1) is 19.0. The maximum atomic E-state index is 13.4. The molecule has 6 nitrogen and oxygen atoms in total. The van der Waals surface area contributed by atoms with E-state index >= 15 is 0 Å². The highest BCUT2D eigenvalue weighted by Gasteiger charge is 2.71. The molecule has 0 heterocycles. The molecule has 0 aromatic carbocycles. The van der Waals surface area contributed by atoms with Crippen LogP contribution in [0.3, 0.4) is 0 Å². The van der Waals surface area contributed by atoms with E-state index in [-0.39, 0.29) is 39.7 Å². The molecule has 11 unspecified atom stereocenters. The van der Waals surface area contributed by atoms with Crippen LogP contribution in [0.25, 0.3) is 0 Å². The van der Waals surface area contributed by atoms with E-state index < -0.39 is 28.7 Å². The fourth-order valence-electron chi connectivity index (χ4n) is 13.1. The molecule has 6 heteroatoms. The van der Waals surface area contributed by atoms with Crippen LogP contribution in [-0.4, -0.2) is 34.2 Å². The van der Waals surface area contributed by atoms with Crippen molar-refractivity contribution < 1.29 is 29.3 Å². The minimum absolute atomic E-state index is 0.145. The van der Waals surface area contributed by atoms with Gasteiger partial charge in [0, 0.05) is 5.41 Å². The molecule has 41 heavy (non-hydrogen) atoms. The van der Waals surface area contributed by atoms with Crippen LogP contribution in [0.4, 0.5) is 0 Å². The van der Waals surface area contributed by atoms with Gasteiger partial charge >= 0.3 is 17.9 Å². The van der Waals surface area contributed by atoms with E-state index in [0.717, 1.165) is 64.2 Å². The van der Waals surface area contributed by atoms with Crippen molar-refractivity contribution in [3.8, 4) is 0 Å². The highest BCUT2D eigenvalue weighted by atomic mass is 16.5. The molecule has 0 amide bonds. The van der Waals surface area contributed by atoms with Gasteiger partial charge in [-0.25, -0.2) is 0 Å². The Morgan fingerprint density at radius 1 is 0.659 bits per heavy atom. The number of aliphatic carboxylic acids is 2. The zero-order valence-corrected chi connectivity index (χ0v) is 26.6. The molecule has 6 saturated carbocycles. The van der Waals surface area contributed by atoms with Crippen molar-refractivity contribution in [2.45, 2.75) is 132 Å². The second-order valence-corrected chi connectivity index (χ2v) is 17.4. The van der Waals surface area contributed by atoms with Gasteiger partial charge in [-0.15, -0.1) is 0 Å². The van der Waals surface area contributed by atoms with Crippen LogP contribution in [0, 0.1) is 68.0 Å². The van der Waals surface area contributed by atoms with Crippen molar-refractivity contribution in [3.05, 3.63) is 0 Å². The smallest absolute Gasteiger partial charge is 0.309 e. The largest absolute Gasteiger partial charge is 0.481 e. The molecule has 6 aliphatic carbocycles. The highest BCUT2D eigenvalue weighted by molar-refractivity contribution is 5.81. The van der Waals surface area contributed by atoms with Crippen molar-refractivity contribution in [2.24, 2.45) is 68.0 Å². The fraction of sp³-hybridized carbons (Fsp3) is 0.914. The van der Waals surface area contributed by atoms with E-state index in [1.54, 1.807) is 0 Å². The number of carboxylic acids is 2. The van der Waals surface area contributed by atoms with E-state index in [9.17, 15) is 24.6 Å². The van der Waals surface area contributed by atoms with Crippen molar-refractivity contribution >= 4 is 17.9 Å². The molecule has 0 aromatic rings. The van der Waals surface area contributed by atoms with Gasteiger partial charge < -0.3 is 14.9 Å². The summed E-state index contributed by atoms with van der Waals surface area (Å²) in [5, 5.41) is 19.9. The number of carboxylic acid groups (broad SMARTS) is 2. The molecule has 0 aliphatic heterocycles. The molecule has 6 fully saturated rings. The molecule has 11 atom stereocenters. The summed E-state index contributed by atoms with van der Waals surface area (Å²) in [6.07, 6.45) is 11.6. The van der Waals surface area contributed by atoms with Crippen LogP contribution in [0.15, 0.2) is 0 Å². The molecule has 0 aromatic heterocycles. The molecule has 230 valence electrons. The Kier molecular flexibility index (Phi) is 6.45. The monoisotopic (exact) mass is 570 g/mol. The second kappa shape index (κ2) is 8.97. The number of hydrogen-bond acceptors (Lipinski definition) is 4. The predicted molar refractivity (Wildman–Crippen MR) is 156 cm³/mol. The summed E-state index contributed by atoms with van der Waals surface area (Å²) in [4.78, 5) is 37.6. The second-order valence-electron chi connectivity index (χ2n) is 17.4. The van der Waals surface area contributed by atoms with Crippen LogP contribution in [0.2, 0.25) is 0 Å². The fourth-order valence-corrected chi connectivity index (χ4v) is 13.1. The first kappa shape index (κ1) is 29.5. The van der Waals surface area contributed by atoms with Crippen LogP contribution < -0.4 is 0 Å². The number of carbonyl (C=O) groups is 3. The summed E-state index contributed by atoms with van der Waals surface area (Å²) in [6.45, 7) is 16.1. The topological polar surface area (TPSA) is 101 Å². The molecule has 0 spiro atoms. The van der Waals surface area contributed by atoms with E-state index in [1.807, 2.05) is 13.8 Å². The van der Waals surface area contributed by atoms with Crippen molar-refractivity contribution in [1.82, 2.24) is 0 Å². The van der Waals surface area contributed by atoms with Crippen LogP contribution in [-0.2, 0) is 19.1 Å². The summed E-state index contributed by atoms with van der Waals surface area (Å²) in [6, 6.07) is 0. The van der Waals surface area contributed by atoms with Crippen LogP contribution in [0.5, 0.6) is 0 Å². The van der Waals surface area contributed by atoms with Crippen molar-refractivity contribution in [2.75, 3.05) is 0 Å². The number of fused-ring (bicyclic) bond motifs is 7. The quantitative estimate of drug-likeness (QED) is 0.338. The average molecular weight is 571 g/mol. The van der Waals surface area contributed by atoms with E-state index in [0.29, 0.717) is 30.1 Å². The molecule has 0 saturated heterocycles. The minimum Gasteiger partial charge on any atom is -0.481 e. The molecule has 6 rings (SSSR count). The van der Waals surface area contributed by atoms with Gasteiger partial charge in [0.15, 0.2) is 0 Å². The number of rotatable bonds is 4. The van der Waals surface area contributed by atoms with Gasteiger partial charge in [-0.1, -0.05) is 54.9 Å². The van der Waals surface area contributed by atoms with Crippen LogP contribution in [0.1, 0.15) is 126 Å². The summed E-state index contributed by atoms with van der Waals surface area (Å²) in [7, 11) is 0. The SMILES string of the molecule is CC1(C)C(C(=O)O)CC1C(=O)OC1CCC2(C)C(CCC3(C)C2CCC2C4CCCC4(C(=O)O)CCC23C)C1(C)C. The Morgan fingerprint density at radius 2 is 1.37 bits per heavy atom. The molecular weight excluding hydrogens is 516 g/mol. The summed E-state index contributed by atoms with van der Waals surface area (Å²) < 4.78 is 6.33. The number of ether oxygens (including phenoxy) is 1. The Bertz CT molecular complexity index is 1140. The molecule has 0 radical (unpaired) electrons. The van der Waals surface area contributed by atoms with Crippen molar-refractivity contribution in [3.63, 3.8) is 0 Å². The van der Waals surface area contributed by atoms with E-state index in [4.69, 9.17) is 4.74 Å². The summed E-state index contributed by atoms with van der Waals surface area (Å²) >= 11 is 0. The summed E-state index contributed by atoms with van der Waals surface area (Å²) in [5.74, 6) is -0.530. The molecule has 6 aliphatic rings. The van der Waals surface area contributed by atoms with Gasteiger partial charge in [-0.05, 0) is 116 Å². The Hall–Kier alpha value is -1.59. The minimum atomic E-state index is -0.818. The maximum Gasteiger partial charge on any atom is 0.309 e. The lowest BCUT2D eigenvalue weighted by molar-refractivity contribution is -0.250. The molecule has 0 bridgehead atoms. The lowest BCUT2D eigenvalue weighted by Gasteiger charge is -2.72. The zero-order valence-electron chi connectivity index (χ0n) is 26.6. The third-order valence-corrected chi connectivity index (χ3v) is 15.8. The average Bonchev–Trinajstić information content (AvgIpc) is 3.31. The van der Waals surface area contributed by atoms with Gasteiger partial charge in [0.25, 0.3) is 0 Å². The normalized spacial score (nSPS) is 51.1. The van der Waals surface area contributed by atoms with Gasteiger partial charge in [0.05, 0.1) is 17.3 Å². The first-order valence-corrected chi connectivity index (χ1v) is 16.6. The third-order valence-electron chi connectivity index (χ3n) is 15.8. The Labute approximate surface area is 246 Å². The van der Waals surface area contributed by atoms with Gasteiger partial charge in [0.1, 0.15) is 6.10 Å². The van der Waals surface area contributed by atoms with Crippen LogP contribution >= 0.6 is 0 Å². The number of carbonyl (C=O) groups excluding carboxylic acids is 1. The first-order valence-electron chi connectivity index (χ1n) is 16.6. The lowest BCUT2D eigenvalue weighted by atomic mass is 9.32. The maximum absolute atomic E-state index is 13.4. The van der Waals surface area contributed by atoms with Crippen molar-refractivity contribution in [1.29, 1.82) is 0 Å². The van der Waals surface area contributed by atoms with Gasteiger partial charge in [-0.2, -0.15) is 0 Å². The summed E-state index contributed by atoms with van der Waals surface area (Å²) in [5.41, 5.74) is -0.698. The van der Waals surface area contributed by atoms with Gasteiger partial charge in [0.2, 0.25) is 0 Å². The van der Waals surface area contributed by atoms with E-state index in [2.05, 4.69) is 34.6 Å². The van der Waals surface area contributed by atoms with Gasteiger partial charge in [-0.3, -0.25) is 14.4 Å². The standard InChI is InChI=1S/C35H54O6/c1-30(2)22(27(36)37)19-23(30)28(38)41-26-13-15-32(5)24(31(26,3)4)12-16-34(7)25(32)11-10-20-21-9-8-14-35(21,29(39)40)18-17-33(20,34)6/h20-26H,8-19H2,1-7H3,(H,36,37)(H,39,40). The third kappa shape index (κ3) is 3.63. The molecular formula is C35H54O6. The Balaban J connectivity index is 1.23. The Morgan fingerprint density at radius 3 is 2.00 bits per heavy atom. The number of hydrogen-bond donors (Lipinski definition) is 2. The zero-order chi connectivity index (χ0) is 30.0. The number of esters is 1. The lowest BCUT2D eigenvalue weighted by Crippen LogP contribution is -2.67. The highest BCUT2D eigenvalue weighted by Crippen LogP contribution is 2.77. The predicted octanol–water partition coefficient (Wildman–Crippen LogP) is 7.59.